The monoisotopic (exact) mass is 370 g/mol. The number of aromatic nitrogens is 5. The Morgan fingerprint density at radius 3 is 2.52 bits per heavy atom. The summed E-state index contributed by atoms with van der Waals surface area (Å²) in [6, 6.07) is 2.12. The van der Waals surface area contributed by atoms with Crippen molar-refractivity contribution in [3.05, 3.63) is 30.1 Å². The van der Waals surface area contributed by atoms with Gasteiger partial charge in [-0.3, -0.25) is 9.69 Å². The van der Waals surface area contributed by atoms with E-state index in [1.807, 2.05) is 13.1 Å². The van der Waals surface area contributed by atoms with E-state index < -0.39 is 0 Å². The molecule has 1 saturated heterocycles. The van der Waals surface area contributed by atoms with Crippen LogP contribution in [0.4, 0.5) is 5.95 Å². The topological polar surface area (TPSA) is 92.1 Å². The summed E-state index contributed by atoms with van der Waals surface area (Å²) < 4.78 is 2.13. The molecule has 27 heavy (non-hydrogen) atoms. The number of rotatable bonds is 5. The van der Waals surface area contributed by atoms with Crippen LogP contribution in [-0.2, 0) is 18.4 Å². The molecule has 9 heteroatoms. The van der Waals surface area contributed by atoms with Crippen LogP contribution in [0.25, 0.3) is 0 Å². The summed E-state index contributed by atoms with van der Waals surface area (Å²) in [6.07, 6.45) is 5.46. The standard InChI is InChI=1S/C18H26N8O/c1-13(27)21-15-10-14(11-15)17-23-22-16(24(17)2)12-25-6-8-26(9-7-25)18-19-4-3-5-20-18/h3-5,14-15H,6-12H2,1-2H3,(H,21,27). The number of hydrogen-bond donors (Lipinski definition) is 1. The van der Waals surface area contributed by atoms with Crippen molar-refractivity contribution in [3.8, 4) is 0 Å². The lowest BCUT2D eigenvalue weighted by atomic mass is 9.79. The maximum absolute atomic E-state index is 11.1. The van der Waals surface area contributed by atoms with Crippen LogP contribution in [0, 0.1) is 0 Å². The lowest BCUT2D eigenvalue weighted by molar-refractivity contribution is -0.120. The van der Waals surface area contributed by atoms with Gasteiger partial charge in [0, 0.05) is 64.5 Å². The molecule has 0 atom stereocenters. The number of amides is 1. The second-order valence-corrected chi connectivity index (χ2v) is 7.41. The minimum Gasteiger partial charge on any atom is -0.354 e. The van der Waals surface area contributed by atoms with Crippen LogP contribution in [0.3, 0.4) is 0 Å². The third-order valence-electron chi connectivity index (χ3n) is 5.48. The van der Waals surface area contributed by atoms with Gasteiger partial charge in [-0.1, -0.05) is 0 Å². The number of carbonyl (C=O) groups excluding carboxylic acids is 1. The lowest BCUT2D eigenvalue weighted by Crippen LogP contribution is -2.46. The van der Waals surface area contributed by atoms with Gasteiger partial charge in [0.25, 0.3) is 0 Å². The van der Waals surface area contributed by atoms with E-state index in [1.165, 1.54) is 0 Å². The first kappa shape index (κ1) is 17.8. The Hall–Kier alpha value is -2.55. The molecule has 0 aromatic carbocycles. The first-order valence-corrected chi connectivity index (χ1v) is 9.49. The molecule has 0 unspecified atom stereocenters. The zero-order valence-electron chi connectivity index (χ0n) is 15.9. The van der Waals surface area contributed by atoms with Crippen molar-refractivity contribution in [2.24, 2.45) is 7.05 Å². The molecule has 3 heterocycles. The van der Waals surface area contributed by atoms with E-state index in [2.05, 4.69) is 39.8 Å². The van der Waals surface area contributed by atoms with Gasteiger partial charge in [0.2, 0.25) is 11.9 Å². The summed E-state index contributed by atoms with van der Waals surface area (Å²) in [5.74, 6) is 3.26. The highest BCUT2D eigenvalue weighted by Gasteiger charge is 2.34. The summed E-state index contributed by atoms with van der Waals surface area (Å²) in [5, 5.41) is 11.8. The van der Waals surface area contributed by atoms with Crippen molar-refractivity contribution < 1.29 is 4.79 Å². The Kier molecular flexibility index (Phi) is 5.02. The van der Waals surface area contributed by atoms with Gasteiger partial charge >= 0.3 is 0 Å². The minimum atomic E-state index is 0.0390. The summed E-state index contributed by atoms with van der Waals surface area (Å²) in [4.78, 5) is 24.4. The molecule has 1 saturated carbocycles. The van der Waals surface area contributed by atoms with Gasteiger partial charge in [0.1, 0.15) is 11.6 Å². The van der Waals surface area contributed by atoms with Gasteiger partial charge in [0.15, 0.2) is 0 Å². The maximum Gasteiger partial charge on any atom is 0.225 e. The van der Waals surface area contributed by atoms with Crippen molar-refractivity contribution in [3.63, 3.8) is 0 Å². The summed E-state index contributed by atoms with van der Waals surface area (Å²) in [7, 11) is 2.05. The second-order valence-electron chi connectivity index (χ2n) is 7.41. The minimum absolute atomic E-state index is 0.0390. The van der Waals surface area contributed by atoms with E-state index in [0.29, 0.717) is 5.92 Å². The fourth-order valence-corrected chi connectivity index (χ4v) is 3.86. The number of nitrogens with one attached hydrogen (secondary N) is 1. The van der Waals surface area contributed by atoms with Gasteiger partial charge in [-0.15, -0.1) is 10.2 Å². The first-order valence-electron chi connectivity index (χ1n) is 9.49. The van der Waals surface area contributed by atoms with E-state index in [9.17, 15) is 4.79 Å². The van der Waals surface area contributed by atoms with Gasteiger partial charge in [-0.05, 0) is 18.9 Å². The molecule has 2 fully saturated rings. The zero-order chi connectivity index (χ0) is 18.8. The average molecular weight is 370 g/mol. The zero-order valence-corrected chi connectivity index (χ0v) is 15.9. The molecule has 0 radical (unpaired) electrons. The van der Waals surface area contributed by atoms with Crippen LogP contribution in [0.2, 0.25) is 0 Å². The van der Waals surface area contributed by atoms with Crippen LogP contribution in [0.15, 0.2) is 18.5 Å². The van der Waals surface area contributed by atoms with Gasteiger partial charge in [0.05, 0.1) is 6.54 Å². The van der Waals surface area contributed by atoms with E-state index in [0.717, 1.165) is 63.2 Å². The number of carbonyl (C=O) groups is 1. The molecule has 2 aromatic rings. The first-order chi connectivity index (χ1) is 13.1. The van der Waals surface area contributed by atoms with Crippen LogP contribution < -0.4 is 10.2 Å². The van der Waals surface area contributed by atoms with Gasteiger partial charge in [-0.2, -0.15) is 0 Å². The average Bonchev–Trinajstić information content (AvgIpc) is 2.99. The van der Waals surface area contributed by atoms with Gasteiger partial charge in [-0.25, -0.2) is 9.97 Å². The number of anilines is 1. The lowest BCUT2D eigenvalue weighted by Gasteiger charge is -2.35. The molecule has 0 spiro atoms. The number of hydrogen-bond acceptors (Lipinski definition) is 7. The highest BCUT2D eigenvalue weighted by atomic mass is 16.1. The summed E-state index contributed by atoms with van der Waals surface area (Å²) >= 11 is 0. The molecular formula is C18H26N8O. The molecule has 1 aliphatic carbocycles. The van der Waals surface area contributed by atoms with Crippen molar-refractivity contribution >= 4 is 11.9 Å². The smallest absolute Gasteiger partial charge is 0.225 e. The predicted molar refractivity (Wildman–Crippen MR) is 100 cm³/mol. The molecule has 2 aliphatic rings. The molecule has 1 aliphatic heterocycles. The fourth-order valence-electron chi connectivity index (χ4n) is 3.86. The molecule has 0 bridgehead atoms. The van der Waals surface area contributed by atoms with Crippen LogP contribution >= 0.6 is 0 Å². The molecule has 1 amide bonds. The Morgan fingerprint density at radius 2 is 1.85 bits per heavy atom. The quantitative estimate of drug-likeness (QED) is 0.810. The third-order valence-corrected chi connectivity index (χ3v) is 5.48. The number of piperazine rings is 1. The largest absolute Gasteiger partial charge is 0.354 e. The van der Waals surface area contributed by atoms with E-state index in [-0.39, 0.29) is 11.9 Å². The highest BCUT2D eigenvalue weighted by molar-refractivity contribution is 5.73. The summed E-state index contributed by atoms with van der Waals surface area (Å²) in [5.41, 5.74) is 0. The Morgan fingerprint density at radius 1 is 1.15 bits per heavy atom. The van der Waals surface area contributed by atoms with Crippen molar-refractivity contribution in [2.75, 3.05) is 31.1 Å². The van der Waals surface area contributed by atoms with E-state index >= 15 is 0 Å². The van der Waals surface area contributed by atoms with Crippen molar-refractivity contribution in [1.82, 2.24) is 34.9 Å². The third kappa shape index (κ3) is 3.92. The van der Waals surface area contributed by atoms with E-state index in [1.54, 1.807) is 19.3 Å². The van der Waals surface area contributed by atoms with Crippen LogP contribution in [-0.4, -0.2) is 67.8 Å². The Labute approximate surface area is 158 Å². The number of nitrogens with zero attached hydrogens (tertiary/aromatic N) is 7. The highest BCUT2D eigenvalue weighted by Crippen LogP contribution is 2.35. The van der Waals surface area contributed by atoms with Gasteiger partial charge < -0.3 is 14.8 Å². The second kappa shape index (κ2) is 7.59. The molecule has 2 aromatic heterocycles. The summed E-state index contributed by atoms with van der Waals surface area (Å²) in [6.45, 7) is 6.10. The molecule has 4 rings (SSSR count). The van der Waals surface area contributed by atoms with Crippen molar-refractivity contribution in [1.29, 1.82) is 0 Å². The van der Waals surface area contributed by atoms with Crippen LogP contribution in [0.1, 0.15) is 37.3 Å². The fraction of sp³-hybridized carbons (Fsp3) is 0.611. The molecule has 9 nitrogen and oxygen atoms in total. The van der Waals surface area contributed by atoms with Crippen LogP contribution in [0.5, 0.6) is 0 Å². The molecule has 144 valence electrons. The Bertz CT molecular complexity index is 778. The Balaban J connectivity index is 1.30. The van der Waals surface area contributed by atoms with Crippen molar-refractivity contribution in [2.45, 2.75) is 38.3 Å². The maximum atomic E-state index is 11.1. The van der Waals surface area contributed by atoms with E-state index in [4.69, 9.17) is 0 Å². The SMILES string of the molecule is CC(=O)NC1CC(c2nnc(CN3CCN(c4ncccn4)CC3)n2C)C1. The predicted octanol–water partition coefficient (Wildman–Crippen LogP) is 0.309. The molecule has 1 N–H and O–H groups in total. The normalized spacial score (nSPS) is 23.1. The molecular weight excluding hydrogens is 344 g/mol.